The van der Waals surface area contributed by atoms with Crippen molar-refractivity contribution in [3.8, 4) is 11.4 Å². The molecule has 1 N–H and O–H groups in total. The van der Waals surface area contributed by atoms with E-state index in [0.29, 0.717) is 47.7 Å². The third-order valence-corrected chi connectivity index (χ3v) is 9.71. The van der Waals surface area contributed by atoms with E-state index in [9.17, 15) is 13.2 Å². The second kappa shape index (κ2) is 8.41. The molecule has 2 fully saturated rings. The smallest absolute Gasteiger partial charge is 0.252 e. The summed E-state index contributed by atoms with van der Waals surface area (Å²) in [5.74, 6) is 0.760. The van der Waals surface area contributed by atoms with E-state index in [2.05, 4.69) is 20.4 Å². The number of nitrogens with one attached hydrogen (secondary N) is 1. The molecule has 31 heavy (non-hydrogen) atoms. The van der Waals surface area contributed by atoms with Crippen LogP contribution in [0.4, 0.5) is 5.13 Å². The zero-order valence-electron chi connectivity index (χ0n) is 16.6. The first-order chi connectivity index (χ1) is 15.0. The minimum atomic E-state index is -3.71. The Bertz CT molecular complexity index is 1170. The molecule has 0 aromatic carbocycles. The van der Waals surface area contributed by atoms with Gasteiger partial charge in [0.2, 0.25) is 17.6 Å². The van der Waals surface area contributed by atoms with Crippen LogP contribution in [0.3, 0.4) is 0 Å². The van der Waals surface area contributed by atoms with Crippen molar-refractivity contribution in [3.05, 3.63) is 28.9 Å². The van der Waals surface area contributed by atoms with E-state index in [4.69, 9.17) is 4.52 Å². The van der Waals surface area contributed by atoms with E-state index in [0.717, 1.165) is 24.2 Å². The van der Waals surface area contributed by atoms with Gasteiger partial charge in [-0.2, -0.15) is 9.29 Å². The highest BCUT2D eigenvalue weighted by Gasteiger charge is 2.35. The van der Waals surface area contributed by atoms with Crippen LogP contribution in [0, 0.1) is 5.92 Å². The Morgan fingerprint density at radius 2 is 2.10 bits per heavy atom. The Morgan fingerprint density at radius 3 is 2.84 bits per heavy atom. The van der Waals surface area contributed by atoms with Gasteiger partial charge in [-0.15, -0.1) is 22.7 Å². The lowest BCUT2D eigenvalue weighted by Gasteiger charge is -2.30. The predicted molar refractivity (Wildman–Crippen MR) is 116 cm³/mol. The standard InChI is InChI=1S/C19H21N5O4S3/c25-17(22-19-20-6-8-29-19)13-5-2-7-24(10-13)31(26,27)15-9-14(11-30-15)16-21-18(28-23-16)12-3-1-4-12/h6,8-9,11-13H,1-5,7,10H2,(H,20,22,25)/t13-/m0/s1. The maximum Gasteiger partial charge on any atom is 0.252 e. The number of carbonyl (C=O) groups is 1. The normalized spacial score (nSPS) is 20.5. The molecule has 0 spiro atoms. The van der Waals surface area contributed by atoms with Crippen molar-refractivity contribution in [1.82, 2.24) is 19.4 Å². The molecule has 1 atom stereocenters. The Hall–Kier alpha value is -2.15. The zero-order chi connectivity index (χ0) is 21.4. The minimum absolute atomic E-state index is 0.154. The van der Waals surface area contributed by atoms with Crippen LogP contribution in [0.2, 0.25) is 0 Å². The summed E-state index contributed by atoms with van der Waals surface area (Å²) in [4.78, 5) is 21.1. The number of amides is 1. The van der Waals surface area contributed by atoms with Gasteiger partial charge in [0.25, 0.3) is 10.0 Å². The number of nitrogens with zero attached hydrogens (tertiary/aromatic N) is 4. The maximum absolute atomic E-state index is 13.2. The number of piperidine rings is 1. The second-order valence-electron chi connectivity index (χ2n) is 7.77. The summed E-state index contributed by atoms with van der Waals surface area (Å²) in [6.45, 7) is 0.547. The van der Waals surface area contributed by atoms with Gasteiger partial charge in [-0.3, -0.25) is 4.79 Å². The molecular weight excluding hydrogens is 458 g/mol. The fraction of sp³-hybridized carbons (Fsp3) is 0.474. The van der Waals surface area contributed by atoms with Gasteiger partial charge in [-0.05, 0) is 31.7 Å². The van der Waals surface area contributed by atoms with Crippen molar-refractivity contribution < 1.29 is 17.7 Å². The van der Waals surface area contributed by atoms with Crippen molar-refractivity contribution >= 4 is 43.7 Å². The van der Waals surface area contributed by atoms with E-state index >= 15 is 0 Å². The Labute approximate surface area is 187 Å². The summed E-state index contributed by atoms with van der Waals surface area (Å²) in [6, 6.07) is 1.59. The van der Waals surface area contributed by atoms with Gasteiger partial charge >= 0.3 is 0 Å². The average molecular weight is 480 g/mol. The lowest BCUT2D eigenvalue weighted by atomic mass is 9.85. The van der Waals surface area contributed by atoms with E-state index in [-0.39, 0.29) is 16.7 Å². The third-order valence-electron chi connectivity index (χ3n) is 5.74. The molecule has 1 saturated heterocycles. The summed E-state index contributed by atoms with van der Waals surface area (Å²) in [6.07, 6.45) is 6.16. The van der Waals surface area contributed by atoms with Crippen LogP contribution in [-0.4, -0.2) is 46.8 Å². The van der Waals surface area contributed by atoms with Gasteiger partial charge in [-0.25, -0.2) is 13.4 Å². The number of sulfonamides is 1. The summed E-state index contributed by atoms with van der Waals surface area (Å²) < 4.78 is 33.4. The predicted octanol–water partition coefficient (Wildman–Crippen LogP) is 3.56. The van der Waals surface area contributed by atoms with Gasteiger partial charge in [-0.1, -0.05) is 11.6 Å². The lowest BCUT2D eigenvalue weighted by molar-refractivity contribution is -0.120. The fourth-order valence-corrected chi connectivity index (χ4v) is 7.10. The molecule has 0 unspecified atom stereocenters. The zero-order valence-corrected chi connectivity index (χ0v) is 19.0. The third kappa shape index (κ3) is 4.16. The van der Waals surface area contributed by atoms with Crippen LogP contribution >= 0.6 is 22.7 Å². The van der Waals surface area contributed by atoms with Gasteiger partial charge < -0.3 is 9.84 Å². The summed E-state index contributed by atoms with van der Waals surface area (Å²) in [5, 5.41) is 10.8. The van der Waals surface area contributed by atoms with Crippen molar-refractivity contribution in [1.29, 1.82) is 0 Å². The molecule has 4 heterocycles. The molecule has 12 heteroatoms. The monoisotopic (exact) mass is 479 g/mol. The SMILES string of the molecule is O=C(Nc1nccs1)[C@H]1CCCN(S(=O)(=O)c2cc(-c3noc(C4CCC4)n3)cs2)C1. The van der Waals surface area contributed by atoms with E-state index < -0.39 is 15.9 Å². The molecule has 2 aliphatic rings. The van der Waals surface area contributed by atoms with Gasteiger partial charge in [0, 0.05) is 41.5 Å². The largest absolute Gasteiger partial charge is 0.339 e. The highest BCUT2D eigenvalue weighted by atomic mass is 32.2. The Morgan fingerprint density at radius 1 is 1.23 bits per heavy atom. The quantitative estimate of drug-likeness (QED) is 0.574. The van der Waals surface area contributed by atoms with Crippen LogP contribution in [0.1, 0.15) is 43.9 Å². The highest BCUT2D eigenvalue weighted by molar-refractivity contribution is 7.91. The van der Waals surface area contributed by atoms with Crippen LogP contribution in [0.25, 0.3) is 11.4 Å². The fourth-order valence-electron chi connectivity index (χ4n) is 3.74. The first-order valence-electron chi connectivity index (χ1n) is 10.1. The van der Waals surface area contributed by atoms with E-state index in [1.807, 2.05) is 0 Å². The first-order valence-corrected chi connectivity index (χ1v) is 13.3. The van der Waals surface area contributed by atoms with Crippen molar-refractivity contribution in [2.75, 3.05) is 18.4 Å². The molecule has 0 bridgehead atoms. The number of aromatic nitrogens is 3. The molecule has 1 aliphatic heterocycles. The number of hydrogen-bond donors (Lipinski definition) is 1. The van der Waals surface area contributed by atoms with Crippen LogP contribution < -0.4 is 5.32 Å². The number of rotatable bonds is 6. The molecule has 1 aliphatic carbocycles. The summed E-state index contributed by atoms with van der Waals surface area (Å²) in [7, 11) is -3.71. The molecule has 3 aromatic rings. The van der Waals surface area contributed by atoms with Gasteiger partial charge in [0.1, 0.15) is 4.21 Å². The molecule has 164 valence electrons. The lowest BCUT2D eigenvalue weighted by Crippen LogP contribution is -2.43. The van der Waals surface area contributed by atoms with Gasteiger partial charge in [0.05, 0.1) is 5.92 Å². The molecule has 1 amide bonds. The highest BCUT2D eigenvalue weighted by Crippen LogP contribution is 2.37. The van der Waals surface area contributed by atoms with Crippen molar-refractivity contribution in [2.24, 2.45) is 5.92 Å². The molecule has 9 nitrogen and oxygen atoms in total. The second-order valence-corrected chi connectivity index (χ2v) is 11.7. The molecule has 1 saturated carbocycles. The van der Waals surface area contributed by atoms with Gasteiger partial charge in [0.15, 0.2) is 5.13 Å². The first kappa shape index (κ1) is 20.7. The number of thiazole rings is 1. The summed E-state index contributed by atoms with van der Waals surface area (Å²) in [5.41, 5.74) is 0.632. The molecular formula is C19H21N5O4S3. The number of thiophene rings is 1. The topological polar surface area (TPSA) is 118 Å². The number of carbonyl (C=O) groups excluding carboxylic acids is 1. The van der Waals surface area contributed by atoms with E-state index in [1.165, 1.54) is 22.1 Å². The van der Waals surface area contributed by atoms with E-state index in [1.54, 1.807) is 23.0 Å². The minimum Gasteiger partial charge on any atom is -0.339 e. The average Bonchev–Trinajstić information content (AvgIpc) is 3.48. The maximum atomic E-state index is 13.2. The van der Waals surface area contributed by atoms with Crippen LogP contribution in [0.5, 0.6) is 0 Å². The van der Waals surface area contributed by atoms with Crippen LogP contribution in [0.15, 0.2) is 31.8 Å². The van der Waals surface area contributed by atoms with Crippen molar-refractivity contribution in [2.45, 2.75) is 42.2 Å². The van der Waals surface area contributed by atoms with Crippen molar-refractivity contribution in [3.63, 3.8) is 0 Å². The Kier molecular flexibility index (Phi) is 5.63. The number of anilines is 1. The molecule has 3 aromatic heterocycles. The van der Waals surface area contributed by atoms with Crippen LogP contribution in [-0.2, 0) is 14.8 Å². The number of hydrogen-bond acceptors (Lipinski definition) is 9. The molecule has 0 radical (unpaired) electrons. The Balaban J connectivity index is 1.29. The molecule has 5 rings (SSSR count). The summed E-state index contributed by atoms with van der Waals surface area (Å²) >= 11 is 2.47.